The largest absolute Gasteiger partial charge is 0.357 e. The Hall–Kier alpha value is -0.470. The summed E-state index contributed by atoms with van der Waals surface area (Å²) < 4.78 is 0. The molecule has 2 nitrogen and oxygen atoms in total. The third kappa shape index (κ3) is 2.80. The summed E-state index contributed by atoms with van der Waals surface area (Å²) in [5.74, 6) is 1.39. The van der Waals surface area contributed by atoms with E-state index in [-0.39, 0.29) is 0 Å². The molecule has 88 valence electrons. The first kappa shape index (κ1) is 12.0. The molecular weight excluding hydrogens is 243 g/mol. The van der Waals surface area contributed by atoms with E-state index in [2.05, 4.69) is 9.88 Å². The van der Waals surface area contributed by atoms with Crippen LogP contribution in [0.15, 0.2) is 12.1 Å². The van der Waals surface area contributed by atoms with Crippen molar-refractivity contribution in [2.45, 2.75) is 31.6 Å². The van der Waals surface area contributed by atoms with Gasteiger partial charge in [-0.2, -0.15) is 0 Å². The number of alkyl halides is 1. The smallest absolute Gasteiger partial charge is 0.128 e. The molecule has 2 heterocycles. The first-order valence-electron chi connectivity index (χ1n) is 5.77. The number of halogens is 2. The van der Waals surface area contributed by atoms with Gasteiger partial charge in [0.05, 0.1) is 16.6 Å². The van der Waals surface area contributed by atoms with E-state index in [1.54, 1.807) is 0 Å². The van der Waals surface area contributed by atoms with Crippen molar-refractivity contribution in [3.05, 3.63) is 22.8 Å². The number of hydrogen-bond donors (Lipinski definition) is 0. The maximum Gasteiger partial charge on any atom is 0.128 e. The number of hydrogen-bond acceptors (Lipinski definition) is 2. The Balaban J connectivity index is 2.18. The van der Waals surface area contributed by atoms with Crippen molar-refractivity contribution in [2.24, 2.45) is 0 Å². The van der Waals surface area contributed by atoms with E-state index in [0.29, 0.717) is 10.9 Å². The molecule has 0 aromatic carbocycles. The lowest BCUT2D eigenvalue weighted by Gasteiger charge is -2.21. The molecule has 0 amide bonds. The highest BCUT2D eigenvalue weighted by Gasteiger charge is 2.12. The normalized spacial score (nSPS) is 17.2. The lowest BCUT2D eigenvalue weighted by Crippen LogP contribution is -2.25. The maximum atomic E-state index is 6.00. The molecule has 1 aliphatic rings. The monoisotopic (exact) mass is 258 g/mol. The Morgan fingerprint density at radius 2 is 1.81 bits per heavy atom. The van der Waals surface area contributed by atoms with Crippen LogP contribution in [-0.2, 0) is 5.88 Å². The van der Waals surface area contributed by atoms with E-state index in [1.807, 2.05) is 12.1 Å². The number of rotatable bonds is 2. The molecule has 1 aromatic rings. The topological polar surface area (TPSA) is 16.1 Å². The SMILES string of the molecule is ClCc1nc(N2CCCCCC2)ccc1Cl. The third-order valence-corrected chi connectivity index (χ3v) is 3.56. The van der Waals surface area contributed by atoms with Gasteiger partial charge < -0.3 is 4.90 Å². The van der Waals surface area contributed by atoms with Crippen LogP contribution >= 0.6 is 23.2 Å². The van der Waals surface area contributed by atoms with E-state index in [4.69, 9.17) is 23.2 Å². The van der Waals surface area contributed by atoms with Crippen LogP contribution < -0.4 is 4.90 Å². The fourth-order valence-corrected chi connectivity index (χ4v) is 2.49. The molecule has 0 unspecified atom stereocenters. The highest BCUT2D eigenvalue weighted by Crippen LogP contribution is 2.22. The van der Waals surface area contributed by atoms with Gasteiger partial charge in [-0.15, -0.1) is 11.6 Å². The highest BCUT2D eigenvalue weighted by atomic mass is 35.5. The zero-order valence-electron chi connectivity index (χ0n) is 9.25. The van der Waals surface area contributed by atoms with Crippen LogP contribution in [0, 0.1) is 0 Å². The number of pyridine rings is 1. The van der Waals surface area contributed by atoms with Crippen LogP contribution in [0.25, 0.3) is 0 Å². The molecule has 2 rings (SSSR count). The summed E-state index contributed by atoms with van der Waals surface area (Å²) in [4.78, 5) is 6.85. The molecule has 1 aromatic heterocycles. The summed E-state index contributed by atoms with van der Waals surface area (Å²) in [5, 5.41) is 0.661. The number of anilines is 1. The summed E-state index contributed by atoms with van der Waals surface area (Å²) in [7, 11) is 0. The predicted molar refractivity (Wildman–Crippen MR) is 69.5 cm³/mol. The van der Waals surface area contributed by atoms with Gasteiger partial charge in [0.1, 0.15) is 5.82 Å². The molecule has 4 heteroatoms. The molecule has 1 aliphatic heterocycles. The molecule has 0 spiro atoms. The molecule has 0 saturated carbocycles. The van der Waals surface area contributed by atoms with Crippen LogP contribution in [0.3, 0.4) is 0 Å². The minimum atomic E-state index is 0.376. The molecule has 0 N–H and O–H groups in total. The second-order valence-electron chi connectivity index (χ2n) is 4.13. The van der Waals surface area contributed by atoms with Crippen LogP contribution in [-0.4, -0.2) is 18.1 Å². The van der Waals surface area contributed by atoms with Gasteiger partial charge in [0.15, 0.2) is 0 Å². The Bertz CT molecular complexity index is 347. The van der Waals surface area contributed by atoms with Crippen LogP contribution in [0.4, 0.5) is 5.82 Å². The molecule has 0 atom stereocenters. The van der Waals surface area contributed by atoms with E-state index in [9.17, 15) is 0 Å². The maximum absolute atomic E-state index is 6.00. The van der Waals surface area contributed by atoms with Crippen molar-refractivity contribution >= 4 is 29.0 Å². The van der Waals surface area contributed by atoms with Crippen LogP contribution in [0.5, 0.6) is 0 Å². The van der Waals surface area contributed by atoms with E-state index in [0.717, 1.165) is 24.6 Å². The second-order valence-corrected chi connectivity index (χ2v) is 4.81. The summed E-state index contributed by atoms with van der Waals surface area (Å²) in [6.07, 6.45) is 5.15. The Labute approximate surface area is 107 Å². The minimum Gasteiger partial charge on any atom is -0.357 e. The van der Waals surface area contributed by atoms with Crippen molar-refractivity contribution in [3.8, 4) is 0 Å². The first-order chi connectivity index (χ1) is 7.81. The minimum absolute atomic E-state index is 0.376. The summed E-state index contributed by atoms with van der Waals surface area (Å²) in [6, 6.07) is 3.89. The van der Waals surface area contributed by atoms with E-state index in [1.165, 1.54) is 25.7 Å². The van der Waals surface area contributed by atoms with Crippen LogP contribution in [0.2, 0.25) is 5.02 Å². The quantitative estimate of drug-likeness (QED) is 0.750. The van der Waals surface area contributed by atoms with Gasteiger partial charge in [-0.3, -0.25) is 0 Å². The van der Waals surface area contributed by atoms with Crippen LogP contribution in [0.1, 0.15) is 31.4 Å². The fraction of sp³-hybridized carbons (Fsp3) is 0.583. The summed E-state index contributed by atoms with van der Waals surface area (Å²) >= 11 is 11.8. The van der Waals surface area contributed by atoms with Crippen molar-refractivity contribution in [1.29, 1.82) is 0 Å². The van der Waals surface area contributed by atoms with Crippen molar-refractivity contribution in [3.63, 3.8) is 0 Å². The Kier molecular flexibility index (Phi) is 4.30. The summed E-state index contributed by atoms with van der Waals surface area (Å²) in [6.45, 7) is 2.19. The molecule has 0 radical (unpaired) electrons. The van der Waals surface area contributed by atoms with Gasteiger partial charge in [0.25, 0.3) is 0 Å². The average molecular weight is 259 g/mol. The average Bonchev–Trinajstić information content (AvgIpc) is 2.58. The lowest BCUT2D eigenvalue weighted by atomic mass is 10.2. The lowest BCUT2D eigenvalue weighted by molar-refractivity contribution is 0.726. The molecule has 0 aliphatic carbocycles. The van der Waals surface area contributed by atoms with Crippen molar-refractivity contribution in [2.75, 3.05) is 18.0 Å². The van der Waals surface area contributed by atoms with Gasteiger partial charge in [0.2, 0.25) is 0 Å². The second kappa shape index (κ2) is 5.74. The van der Waals surface area contributed by atoms with Gasteiger partial charge in [0, 0.05) is 13.1 Å². The zero-order chi connectivity index (χ0) is 11.4. The number of aromatic nitrogens is 1. The van der Waals surface area contributed by atoms with Gasteiger partial charge in [-0.25, -0.2) is 4.98 Å². The first-order valence-corrected chi connectivity index (χ1v) is 6.69. The van der Waals surface area contributed by atoms with Crippen molar-refractivity contribution in [1.82, 2.24) is 4.98 Å². The highest BCUT2D eigenvalue weighted by molar-refractivity contribution is 6.32. The van der Waals surface area contributed by atoms with E-state index >= 15 is 0 Å². The van der Waals surface area contributed by atoms with Gasteiger partial charge >= 0.3 is 0 Å². The fourth-order valence-electron chi connectivity index (χ4n) is 2.04. The number of nitrogens with zero attached hydrogens (tertiary/aromatic N) is 2. The van der Waals surface area contributed by atoms with E-state index < -0.39 is 0 Å². The molecule has 1 fully saturated rings. The molecule has 1 saturated heterocycles. The van der Waals surface area contributed by atoms with Crippen molar-refractivity contribution < 1.29 is 0 Å². The standard InChI is InChI=1S/C12H16Cl2N2/c13-9-11-10(14)5-6-12(15-11)16-7-3-1-2-4-8-16/h5-6H,1-4,7-9H2. The predicted octanol–water partition coefficient (Wildman–Crippen LogP) is 3.85. The Morgan fingerprint density at radius 3 is 2.44 bits per heavy atom. The Morgan fingerprint density at radius 1 is 1.12 bits per heavy atom. The third-order valence-electron chi connectivity index (χ3n) is 2.96. The zero-order valence-corrected chi connectivity index (χ0v) is 10.8. The van der Waals surface area contributed by atoms with Gasteiger partial charge in [-0.05, 0) is 25.0 Å². The molecule has 0 bridgehead atoms. The molecular formula is C12H16Cl2N2. The molecule has 16 heavy (non-hydrogen) atoms. The van der Waals surface area contributed by atoms with Gasteiger partial charge in [-0.1, -0.05) is 24.4 Å². The summed E-state index contributed by atoms with van der Waals surface area (Å²) in [5.41, 5.74) is 0.782.